The van der Waals surface area contributed by atoms with Crippen molar-refractivity contribution >= 4 is 21.4 Å². The summed E-state index contributed by atoms with van der Waals surface area (Å²) >= 11 is 1.53. The molecule has 0 saturated heterocycles. The number of aliphatic hydroxyl groups excluding tert-OH is 1. The van der Waals surface area contributed by atoms with E-state index in [1.54, 1.807) is 11.6 Å². The van der Waals surface area contributed by atoms with E-state index in [1.165, 1.54) is 23.6 Å². The van der Waals surface area contributed by atoms with Gasteiger partial charge in [-0.15, -0.1) is 11.3 Å². The van der Waals surface area contributed by atoms with Gasteiger partial charge in [-0.05, 0) is 30.0 Å². The zero-order chi connectivity index (χ0) is 14.0. The molecule has 2 N–H and O–H groups in total. The molecular weight excluding hydrogens is 284 g/mol. The van der Waals surface area contributed by atoms with E-state index in [4.69, 9.17) is 5.11 Å². The Morgan fingerprint density at radius 1 is 1.47 bits per heavy atom. The number of sulfonamides is 1. The molecule has 0 unspecified atom stereocenters. The summed E-state index contributed by atoms with van der Waals surface area (Å²) in [5, 5.41) is 11.0. The lowest BCUT2D eigenvalue weighted by molar-refractivity contribution is 0.272. The van der Waals surface area contributed by atoms with Crippen molar-refractivity contribution in [2.45, 2.75) is 25.0 Å². The lowest BCUT2D eigenvalue weighted by Gasteiger charge is -2.04. The van der Waals surface area contributed by atoms with Crippen LogP contribution < -0.4 is 4.72 Å². The van der Waals surface area contributed by atoms with E-state index in [0.29, 0.717) is 5.69 Å². The third-order valence-corrected chi connectivity index (χ3v) is 5.34. The lowest BCUT2D eigenvalue weighted by atomic mass is 10.3. The van der Waals surface area contributed by atoms with E-state index in [0.717, 1.165) is 10.4 Å². The minimum absolute atomic E-state index is 0.174. The average molecular weight is 300 g/mol. The van der Waals surface area contributed by atoms with Gasteiger partial charge in [0.05, 0.1) is 11.5 Å². The Kier molecular flexibility index (Phi) is 4.10. The number of hydrogen-bond donors (Lipinski definition) is 2. The molecule has 0 bridgehead atoms. The highest BCUT2D eigenvalue weighted by Gasteiger charge is 2.17. The van der Waals surface area contributed by atoms with Gasteiger partial charge in [0.2, 0.25) is 10.0 Å². The highest BCUT2D eigenvalue weighted by molar-refractivity contribution is 7.89. The molecule has 0 saturated carbocycles. The van der Waals surface area contributed by atoms with Crippen LogP contribution in [0.15, 0.2) is 28.6 Å². The third kappa shape index (κ3) is 3.06. The molecule has 0 fully saturated rings. The Hall–Kier alpha value is -1.15. The minimum atomic E-state index is -3.54. The van der Waals surface area contributed by atoms with Crippen molar-refractivity contribution in [1.82, 2.24) is 9.29 Å². The molecule has 0 spiro atoms. The molecule has 2 rings (SSSR count). The van der Waals surface area contributed by atoms with Gasteiger partial charge in [-0.1, -0.05) is 0 Å². The summed E-state index contributed by atoms with van der Waals surface area (Å²) in [6.45, 7) is 2.05. The first-order valence-corrected chi connectivity index (χ1v) is 8.09. The van der Waals surface area contributed by atoms with E-state index < -0.39 is 10.0 Å². The van der Waals surface area contributed by atoms with Gasteiger partial charge in [0.25, 0.3) is 0 Å². The normalized spacial score (nSPS) is 11.9. The molecule has 2 heterocycles. The van der Waals surface area contributed by atoms with Crippen LogP contribution in [0.25, 0.3) is 0 Å². The minimum Gasteiger partial charge on any atom is -0.390 e. The van der Waals surface area contributed by atoms with Crippen LogP contribution in [0.2, 0.25) is 0 Å². The molecule has 0 amide bonds. The fourth-order valence-corrected chi connectivity index (χ4v) is 3.74. The second kappa shape index (κ2) is 5.46. The van der Waals surface area contributed by atoms with E-state index in [2.05, 4.69) is 4.72 Å². The summed E-state index contributed by atoms with van der Waals surface area (Å²) in [7, 11) is -1.84. The predicted molar refractivity (Wildman–Crippen MR) is 74.4 cm³/mol. The molecule has 2 aromatic heterocycles. The Morgan fingerprint density at radius 3 is 2.74 bits per heavy atom. The highest BCUT2D eigenvalue weighted by Crippen LogP contribution is 2.17. The van der Waals surface area contributed by atoms with E-state index >= 15 is 0 Å². The fraction of sp³-hybridized carbons (Fsp3) is 0.333. The number of rotatable bonds is 5. The van der Waals surface area contributed by atoms with Crippen molar-refractivity contribution in [1.29, 1.82) is 0 Å². The van der Waals surface area contributed by atoms with Gasteiger partial charge in [-0.2, -0.15) is 0 Å². The van der Waals surface area contributed by atoms with Gasteiger partial charge in [0.15, 0.2) is 0 Å². The van der Waals surface area contributed by atoms with Crippen LogP contribution in [0.5, 0.6) is 0 Å². The Labute approximate surface area is 116 Å². The van der Waals surface area contributed by atoms with Crippen molar-refractivity contribution in [3.8, 4) is 0 Å². The summed E-state index contributed by atoms with van der Waals surface area (Å²) in [4.78, 5) is 1.18. The topological polar surface area (TPSA) is 71.3 Å². The van der Waals surface area contributed by atoms with Crippen molar-refractivity contribution in [3.05, 3.63) is 39.8 Å². The molecule has 5 nitrogen and oxygen atoms in total. The number of aromatic nitrogens is 1. The monoisotopic (exact) mass is 300 g/mol. The van der Waals surface area contributed by atoms with Crippen LogP contribution in [0.1, 0.15) is 16.1 Å². The Bertz CT molecular complexity index is 671. The van der Waals surface area contributed by atoms with Crippen LogP contribution in [-0.4, -0.2) is 18.1 Å². The Morgan fingerprint density at radius 2 is 2.21 bits per heavy atom. The fourth-order valence-electron chi connectivity index (χ4n) is 1.71. The van der Waals surface area contributed by atoms with Crippen LogP contribution in [0.4, 0.5) is 0 Å². The van der Waals surface area contributed by atoms with E-state index in [1.807, 2.05) is 18.4 Å². The van der Waals surface area contributed by atoms with Gasteiger partial charge in [0.1, 0.15) is 0 Å². The number of aryl methyl sites for hydroxylation is 2. The highest BCUT2D eigenvalue weighted by atomic mass is 32.2. The summed E-state index contributed by atoms with van der Waals surface area (Å²) < 4.78 is 28.4. The van der Waals surface area contributed by atoms with Crippen LogP contribution in [-0.2, 0) is 30.2 Å². The van der Waals surface area contributed by atoms with Crippen LogP contribution in [0.3, 0.4) is 0 Å². The quantitative estimate of drug-likeness (QED) is 0.876. The van der Waals surface area contributed by atoms with Crippen molar-refractivity contribution in [2.75, 3.05) is 0 Å². The van der Waals surface area contributed by atoms with Gasteiger partial charge in [-0.25, -0.2) is 13.1 Å². The second-order valence-electron chi connectivity index (χ2n) is 4.29. The molecule has 0 aliphatic rings. The predicted octanol–water partition coefficient (Wildman–Crippen LogP) is 1.37. The number of aliphatic hydroxyl groups is 1. The second-order valence-corrected chi connectivity index (χ2v) is 7.06. The summed E-state index contributed by atoms with van der Waals surface area (Å²) in [6, 6.07) is 3.43. The SMILES string of the molecule is Cc1ccsc1CNS(=O)(=O)c1cc(CO)n(C)c1. The van der Waals surface area contributed by atoms with Gasteiger partial charge >= 0.3 is 0 Å². The standard InChI is InChI=1S/C12H16N2O3S2/c1-9-3-4-18-12(9)6-13-19(16,17)11-5-10(8-15)14(2)7-11/h3-5,7,13,15H,6,8H2,1-2H3. The van der Waals surface area contributed by atoms with E-state index in [9.17, 15) is 8.42 Å². The molecule has 0 aliphatic carbocycles. The first-order chi connectivity index (χ1) is 8.94. The smallest absolute Gasteiger partial charge is 0.242 e. The van der Waals surface area contributed by atoms with Gasteiger partial charge < -0.3 is 9.67 Å². The van der Waals surface area contributed by atoms with Crippen LogP contribution >= 0.6 is 11.3 Å². The maximum Gasteiger partial charge on any atom is 0.242 e. The zero-order valence-corrected chi connectivity index (χ0v) is 12.4. The molecule has 0 aromatic carbocycles. The van der Waals surface area contributed by atoms with Crippen LogP contribution in [0, 0.1) is 6.92 Å². The third-order valence-electron chi connectivity index (χ3n) is 2.95. The zero-order valence-electron chi connectivity index (χ0n) is 10.8. The molecule has 0 aliphatic heterocycles. The molecule has 2 aromatic rings. The molecular formula is C12H16N2O3S2. The van der Waals surface area contributed by atoms with Crippen molar-refractivity contribution < 1.29 is 13.5 Å². The number of nitrogens with zero attached hydrogens (tertiary/aromatic N) is 1. The number of hydrogen-bond acceptors (Lipinski definition) is 4. The van der Waals surface area contributed by atoms with Gasteiger partial charge in [0, 0.05) is 30.4 Å². The first-order valence-electron chi connectivity index (χ1n) is 5.73. The maximum atomic E-state index is 12.1. The first kappa shape index (κ1) is 14.3. The maximum absolute atomic E-state index is 12.1. The molecule has 0 atom stereocenters. The number of thiophene rings is 1. The molecule has 104 valence electrons. The summed E-state index contributed by atoms with van der Waals surface area (Å²) in [6.07, 6.45) is 1.50. The average Bonchev–Trinajstić information content (AvgIpc) is 2.93. The van der Waals surface area contributed by atoms with Crippen molar-refractivity contribution in [2.24, 2.45) is 7.05 Å². The molecule has 0 radical (unpaired) electrons. The number of nitrogens with one attached hydrogen (secondary N) is 1. The van der Waals surface area contributed by atoms with E-state index in [-0.39, 0.29) is 18.0 Å². The summed E-state index contributed by atoms with van der Waals surface area (Å²) in [5.41, 5.74) is 1.64. The largest absolute Gasteiger partial charge is 0.390 e. The molecule has 19 heavy (non-hydrogen) atoms. The summed E-state index contributed by atoms with van der Waals surface area (Å²) in [5.74, 6) is 0. The molecule has 7 heteroatoms. The van der Waals surface area contributed by atoms with Gasteiger partial charge in [-0.3, -0.25) is 0 Å². The van der Waals surface area contributed by atoms with Crippen molar-refractivity contribution in [3.63, 3.8) is 0 Å². The lowest BCUT2D eigenvalue weighted by Crippen LogP contribution is -2.22. The Balaban J connectivity index is 2.16.